The number of nitrogens with zero attached hydrogens (tertiary/aromatic N) is 2. The third-order valence-corrected chi connectivity index (χ3v) is 4.76. The van der Waals surface area contributed by atoms with Crippen LogP contribution in [0.2, 0.25) is 0 Å². The van der Waals surface area contributed by atoms with E-state index in [1.807, 2.05) is 6.92 Å². The molecule has 0 spiro atoms. The van der Waals surface area contributed by atoms with Gasteiger partial charge in [-0.25, -0.2) is 0 Å². The van der Waals surface area contributed by atoms with Crippen molar-refractivity contribution >= 4 is 5.97 Å². The van der Waals surface area contributed by atoms with E-state index in [0.29, 0.717) is 12.1 Å². The van der Waals surface area contributed by atoms with Crippen molar-refractivity contribution in [2.24, 2.45) is 5.41 Å². The second-order valence-electron chi connectivity index (χ2n) is 6.45. The molecule has 4 heteroatoms. The van der Waals surface area contributed by atoms with Crippen LogP contribution in [0.1, 0.15) is 40.0 Å². The molecule has 0 amide bonds. The number of rotatable bonds is 3. The maximum absolute atomic E-state index is 11.3. The molecular formula is C14H26N2O2. The maximum atomic E-state index is 11.3. The molecule has 1 N–H and O–H groups in total. The minimum absolute atomic E-state index is 0.519. The Hall–Kier alpha value is -0.610. The van der Waals surface area contributed by atoms with Gasteiger partial charge in [0.25, 0.3) is 0 Å². The number of likely N-dealkylation sites (tertiary alicyclic amines) is 2. The summed E-state index contributed by atoms with van der Waals surface area (Å²) in [5.41, 5.74) is -0.519. The first-order chi connectivity index (χ1) is 8.42. The number of carboxylic acids is 1. The Bertz CT molecular complexity index is 311. The lowest BCUT2D eigenvalue weighted by Crippen LogP contribution is -2.47. The standard InChI is InChI=1S/C14H26N2O2/c1-11(2)15-7-4-12(5-8-15)16-9-6-14(3,10-16)13(17)18/h11-12H,4-10H2,1-3H3,(H,17,18). The van der Waals surface area contributed by atoms with Crippen LogP contribution in [-0.2, 0) is 4.79 Å². The minimum atomic E-state index is -0.635. The number of hydrogen-bond acceptors (Lipinski definition) is 3. The Morgan fingerprint density at radius 3 is 2.33 bits per heavy atom. The Balaban J connectivity index is 1.87. The second-order valence-corrected chi connectivity index (χ2v) is 6.45. The van der Waals surface area contributed by atoms with Crippen LogP contribution in [0.5, 0.6) is 0 Å². The first-order valence-electron chi connectivity index (χ1n) is 7.14. The third kappa shape index (κ3) is 2.69. The second kappa shape index (κ2) is 5.17. The molecule has 4 nitrogen and oxygen atoms in total. The smallest absolute Gasteiger partial charge is 0.310 e. The highest BCUT2D eigenvalue weighted by atomic mass is 16.4. The fourth-order valence-electron chi connectivity index (χ4n) is 3.25. The van der Waals surface area contributed by atoms with Gasteiger partial charge in [0.15, 0.2) is 0 Å². The van der Waals surface area contributed by atoms with Crippen molar-refractivity contribution in [1.82, 2.24) is 9.80 Å². The molecule has 2 rings (SSSR count). The van der Waals surface area contributed by atoms with Gasteiger partial charge in [-0.2, -0.15) is 0 Å². The van der Waals surface area contributed by atoms with Crippen LogP contribution in [0, 0.1) is 5.41 Å². The minimum Gasteiger partial charge on any atom is -0.481 e. The van der Waals surface area contributed by atoms with Crippen LogP contribution >= 0.6 is 0 Å². The monoisotopic (exact) mass is 254 g/mol. The van der Waals surface area contributed by atoms with Crippen LogP contribution in [0.15, 0.2) is 0 Å². The summed E-state index contributed by atoms with van der Waals surface area (Å²) in [4.78, 5) is 16.2. The lowest BCUT2D eigenvalue weighted by Gasteiger charge is -2.38. The normalized spacial score (nSPS) is 32.2. The van der Waals surface area contributed by atoms with E-state index in [1.165, 1.54) is 12.8 Å². The number of carboxylic acid groups (broad SMARTS) is 1. The first-order valence-corrected chi connectivity index (χ1v) is 7.14. The van der Waals surface area contributed by atoms with Crippen molar-refractivity contribution < 1.29 is 9.90 Å². The Kier molecular flexibility index (Phi) is 3.97. The van der Waals surface area contributed by atoms with Crippen molar-refractivity contribution in [2.45, 2.75) is 52.1 Å². The van der Waals surface area contributed by atoms with Crippen molar-refractivity contribution in [3.8, 4) is 0 Å². The molecule has 1 unspecified atom stereocenters. The van der Waals surface area contributed by atoms with Gasteiger partial charge in [-0.05, 0) is 59.7 Å². The average Bonchev–Trinajstić information content (AvgIpc) is 2.73. The zero-order chi connectivity index (χ0) is 13.3. The predicted octanol–water partition coefficient (Wildman–Crippen LogP) is 1.66. The number of carbonyl (C=O) groups is 1. The van der Waals surface area contributed by atoms with Crippen LogP contribution in [0.25, 0.3) is 0 Å². The van der Waals surface area contributed by atoms with E-state index in [0.717, 1.165) is 32.6 Å². The van der Waals surface area contributed by atoms with Gasteiger partial charge in [0.2, 0.25) is 0 Å². The molecule has 2 fully saturated rings. The zero-order valence-electron chi connectivity index (χ0n) is 11.9. The van der Waals surface area contributed by atoms with E-state index >= 15 is 0 Å². The molecule has 2 aliphatic rings. The van der Waals surface area contributed by atoms with E-state index in [1.54, 1.807) is 0 Å². The average molecular weight is 254 g/mol. The summed E-state index contributed by atoms with van der Waals surface area (Å²) in [5, 5.41) is 9.27. The van der Waals surface area contributed by atoms with Crippen LogP contribution < -0.4 is 0 Å². The fraction of sp³-hybridized carbons (Fsp3) is 0.929. The molecule has 104 valence electrons. The van der Waals surface area contributed by atoms with Gasteiger partial charge in [-0.3, -0.25) is 9.69 Å². The van der Waals surface area contributed by atoms with Gasteiger partial charge in [-0.15, -0.1) is 0 Å². The summed E-state index contributed by atoms with van der Waals surface area (Å²) in [5.74, 6) is -0.635. The maximum Gasteiger partial charge on any atom is 0.310 e. The quantitative estimate of drug-likeness (QED) is 0.832. The van der Waals surface area contributed by atoms with E-state index in [2.05, 4.69) is 23.6 Å². The molecule has 0 aromatic heterocycles. The number of aliphatic carboxylic acids is 1. The van der Waals surface area contributed by atoms with Gasteiger partial charge >= 0.3 is 5.97 Å². The summed E-state index contributed by atoms with van der Waals surface area (Å²) in [6, 6.07) is 1.23. The molecule has 2 heterocycles. The van der Waals surface area contributed by atoms with E-state index in [-0.39, 0.29) is 0 Å². The van der Waals surface area contributed by atoms with Crippen molar-refractivity contribution in [1.29, 1.82) is 0 Å². The predicted molar refractivity (Wildman–Crippen MR) is 71.7 cm³/mol. The summed E-state index contributed by atoms with van der Waals surface area (Å²) < 4.78 is 0. The highest BCUT2D eigenvalue weighted by Gasteiger charge is 2.42. The SMILES string of the molecule is CC(C)N1CCC(N2CCC(C)(C(=O)O)C2)CC1. The van der Waals surface area contributed by atoms with Crippen molar-refractivity contribution in [3.05, 3.63) is 0 Å². The molecule has 0 saturated carbocycles. The molecule has 0 aliphatic carbocycles. The van der Waals surface area contributed by atoms with Crippen molar-refractivity contribution in [2.75, 3.05) is 26.2 Å². The van der Waals surface area contributed by atoms with E-state index in [9.17, 15) is 9.90 Å². The van der Waals surface area contributed by atoms with Gasteiger partial charge in [0, 0.05) is 18.6 Å². The Labute approximate surface area is 110 Å². The van der Waals surface area contributed by atoms with E-state index < -0.39 is 11.4 Å². The largest absolute Gasteiger partial charge is 0.481 e. The third-order valence-electron chi connectivity index (χ3n) is 4.76. The Morgan fingerprint density at radius 2 is 1.89 bits per heavy atom. The summed E-state index contributed by atoms with van der Waals surface area (Å²) in [7, 11) is 0. The van der Waals surface area contributed by atoms with Crippen molar-refractivity contribution in [3.63, 3.8) is 0 Å². The fourth-order valence-corrected chi connectivity index (χ4v) is 3.25. The molecule has 1 atom stereocenters. The molecule has 0 aromatic rings. The molecule has 2 aliphatic heterocycles. The molecule has 0 bridgehead atoms. The van der Waals surface area contributed by atoms with Crippen LogP contribution in [0.4, 0.5) is 0 Å². The van der Waals surface area contributed by atoms with E-state index in [4.69, 9.17) is 0 Å². The first kappa shape index (κ1) is 13.8. The number of hydrogen-bond donors (Lipinski definition) is 1. The van der Waals surface area contributed by atoms with Crippen LogP contribution in [0.3, 0.4) is 0 Å². The lowest BCUT2D eigenvalue weighted by molar-refractivity contribution is -0.147. The highest BCUT2D eigenvalue weighted by molar-refractivity contribution is 5.74. The van der Waals surface area contributed by atoms with Gasteiger partial charge in [0.1, 0.15) is 0 Å². The topological polar surface area (TPSA) is 43.8 Å². The molecule has 0 aromatic carbocycles. The van der Waals surface area contributed by atoms with Gasteiger partial charge in [0.05, 0.1) is 5.41 Å². The van der Waals surface area contributed by atoms with Gasteiger partial charge < -0.3 is 10.0 Å². The summed E-state index contributed by atoms with van der Waals surface area (Å²) in [6.45, 7) is 10.4. The Morgan fingerprint density at radius 1 is 1.28 bits per heavy atom. The zero-order valence-corrected chi connectivity index (χ0v) is 11.9. The summed E-state index contributed by atoms with van der Waals surface area (Å²) >= 11 is 0. The number of piperidine rings is 1. The molecule has 2 saturated heterocycles. The van der Waals surface area contributed by atoms with Gasteiger partial charge in [-0.1, -0.05) is 0 Å². The molecular weight excluding hydrogens is 228 g/mol. The van der Waals surface area contributed by atoms with Crippen LogP contribution in [-0.4, -0.2) is 59.1 Å². The molecule has 18 heavy (non-hydrogen) atoms. The highest BCUT2D eigenvalue weighted by Crippen LogP contribution is 2.33. The molecule has 0 radical (unpaired) electrons. The summed E-state index contributed by atoms with van der Waals surface area (Å²) in [6.07, 6.45) is 3.18. The lowest BCUT2D eigenvalue weighted by atomic mass is 9.90.